The van der Waals surface area contributed by atoms with Crippen molar-refractivity contribution in [3.05, 3.63) is 26.3 Å². The molecule has 2 rings (SSSR count). The summed E-state index contributed by atoms with van der Waals surface area (Å²) in [5.41, 5.74) is 8.14. The molecule has 0 aromatic heterocycles. The summed E-state index contributed by atoms with van der Waals surface area (Å²) in [6.45, 7) is 0.911. The minimum atomic E-state index is 0.128. The van der Waals surface area contributed by atoms with Gasteiger partial charge >= 0.3 is 0 Å². The number of benzene rings is 1. The Kier molecular flexibility index (Phi) is 2.67. The first-order chi connectivity index (χ1) is 6.18. The fraction of sp³-hybridized carbons (Fsp3) is 0.333. The molecule has 0 aliphatic carbocycles. The highest BCUT2D eigenvalue weighted by molar-refractivity contribution is 14.1. The van der Waals surface area contributed by atoms with Gasteiger partial charge in [-0.25, -0.2) is 0 Å². The summed E-state index contributed by atoms with van der Waals surface area (Å²) in [5, 5.41) is 4.05. The van der Waals surface area contributed by atoms with Crippen molar-refractivity contribution in [1.82, 2.24) is 0 Å². The normalized spacial score (nSPS) is 20.7. The molecule has 1 aliphatic heterocycles. The molecule has 1 unspecified atom stereocenters. The monoisotopic (exact) mass is 308 g/mol. The van der Waals surface area contributed by atoms with Crippen LogP contribution in [0.2, 0.25) is 5.02 Å². The van der Waals surface area contributed by atoms with E-state index in [9.17, 15) is 0 Å². The maximum Gasteiger partial charge on any atom is 0.0651 e. The van der Waals surface area contributed by atoms with E-state index in [2.05, 4.69) is 34.0 Å². The fourth-order valence-electron chi connectivity index (χ4n) is 1.58. The van der Waals surface area contributed by atoms with Gasteiger partial charge in [0.1, 0.15) is 0 Å². The van der Waals surface area contributed by atoms with Gasteiger partial charge in [-0.15, -0.1) is 0 Å². The van der Waals surface area contributed by atoms with E-state index in [4.69, 9.17) is 17.3 Å². The molecule has 3 N–H and O–H groups in total. The number of fused-ring (bicyclic) bond motifs is 1. The molecule has 1 atom stereocenters. The highest BCUT2D eigenvalue weighted by atomic mass is 127. The van der Waals surface area contributed by atoms with Crippen LogP contribution in [0.3, 0.4) is 0 Å². The van der Waals surface area contributed by atoms with Crippen molar-refractivity contribution in [1.29, 1.82) is 0 Å². The first-order valence-electron chi connectivity index (χ1n) is 4.17. The van der Waals surface area contributed by atoms with Gasteiger partial charge in [0.25, 0.3) is 0 Å². The van der Waals surface area contributed by atoms with E-state index in [0.717, 1.165) is 32.8 Å². The van der Waals surface area contributed by atoms with Crippen molar-refractivity contribution in [2.45, 2.75) is 12.5 Å². The maximum atomic E-state index is 6.09. The number of hydrogen-bond acceptors (Lipinski definition) is 2. The summed E-state index contributed by atoms with van der Waals surface area (Å²) >= 11 is 8.34. The van der Waals surface area contributed by atoms with E-state index in [1.54, 1.807) is 0 Å². The second kappa shape index (κ2) is 3.63. The quantitative estimate of drug-likeness (QED) is 0.723. The van der Waals surface area contributed by atoms with Crippen LogP contribution in [-0.2, 0) is 0 Å². The lowest BCUT2D eigenvalue weighted by Gasteiger charge is -2.24. The average molecular weight is 309 g/mol. The second-order valence-electron chi connectivity index (χ2n) is 3.17. The van der Waals surface area contributed by atoms with Crippen molar-refractivity contribution in [3.8, 4) is 0 Å². The zero-order valence-electron chi connectivity index (χ0n) is 6.98. The Bertz CT molecular complexity index is 341. The van der Waals surface area contributed by atoms with E-state index in [0.29, 0.717) is 0 Å². The second-order valence-corrected chi connectivity index (χ2v) is 4.83. The molecule has 4 heteroatoms. The number of nitrogens with two attached hydrogens (primary N) is 1. The van der Waals surface area contributed by atoms with Crippen LogP contribution in [0, 0.1) is 3.57 Å². The molecule has 1 aliphatic rings. The van der Waals surface area contributed by atoms with Gasteiger partial charge in [0.05, 0.1) is 10.7 Å². The SMILES string of the molecule is NC1CCNc2c(Cl)cc(I)cc21. The van der Waals surface area contributed by atoms with E-state index >= 15 is 0 Å². The molecule has 1 aromatic rings. The standard InChI is InChI=1S/C9H10ClIN2/c10-7-4-5(11)3-6-8(12)1-2-13-9(6)7/h3-4,8,13H,1-2,12H2. The van der Waals surface area contributed by atoms with Gasteiger partial charge in [-0.1, -0.05) is 11.6 Å². The van der Waals surface area contributed by atoms with Crippen LogP contribution in [0.25, 0.3) is 0 Å². The predicted molar refractivity (Wildman–Crippen MR) is 64.2 cm³/mol. The maximum absolute atomic E-state index is 6.09. The van der Waals surface area contributed by atoms with E-state index < -0.39 is 0 Å². The number of hydrogen-bond donors (Lipinski definition) is 2. The first kappa shape index (κ1) is 9.55. The highest BCUT2D eigenvalue weighted by Gasteiger charge is 2.18. The molecule has 0 radical (unpaired) electrons. The van der Waals surface area contributed by atoms with Crippen molar-refractivity contribution < 1.29 is 0 Å². The fourth-order valence-corrected chi connectivity index (χ4v) is 2.71. The van der Waals surface area contributed by atoms with Crippen molar-refractivity contribution >= 4 is 39.9 Å². The molecule has 0 saturated heterocycles. The van der Waals surface area contributed by atoms with Crippen LogP contribution in [0.4, 0.5) is 5.69 Å². The number of rotatable bonds is 0. The number of anilines is 1. The van der Waals surface area contributed by atoms with Gasteiger partial charge in [-0.3, -0.25) is 0 Å². The molecule has 0 spiro atoms. The third-order valence-electron chi connectivity index (χ3n) is 2.24. The van der Waals surface area contributed by atoms with Gasteiger partial charge in [-0.05, 0) is 46.7 Å². The molecule has 0 fully saturated rings. The van der Waals surface area contributed by atoms with Crippen LogP contribution >= 0.6 is 34.2 Å². The minimum Gasteiger partial charge on any atom is -0.383 e. The summed E-state index contributed by atoms with van der Waals surface area (Å²) in [5.74, 6) is 0. The van der Waals surface area contributed by atoms with Crippen LogP contribution in [0.5, 0.6) is 0 Å². The van der Waals surface area contributed by atoms with Crippen molar-refractivity contribution in [3.63, 3.8) is 0 Å². The molecule has 1 heterocycles. The number of nitrogens with one attached hydrogen (secondary N) is 1. The predicted octanol–water partition coefficient (Wildman–Crippen LogP) is 2.76. The average Bonchev–Trinajstić information content (AvgIpc) is 2.07. The van der Waals surface area contributed by atoms with Crippen LogP contribution < -0.4 is 11.1 Å². The first-order valence-corrected chi connectivity index (χ1v) is 5.62. The zero-order valence-corrected chi connectivity index (χ0v) is 9.89. The molecular weight excluding hydrogens is 298 g/mol. The minimum absolute atomic E-state index is 0.128. The van der Waals surface area contributed by atoms with Crippen molar-refractivity contribution in [2.75, 3.05) is 11.9 Å². The van der Waals surface area contributed by atoms with Crippen LogP contribution in [0.15, 0.2) is 12.1 Å². The summed E-state index contributed by atoms with van der Waals surface area (Å²) in [6.07, 6.45) is 0.976. The molecule has 1 aromatic carbocycles. The van der Waals surface area contributed by atoms with Gasteiger partial charge in [-0.2, -0.15) is 0 Å². The molecule has 13 heavy (non-hydrogen) atoms. The topological polar surface area (TPSA) is 38.0 Å². The Morgan fingerprint density at radius 3 is 3.08 bits per heavy atom. The number of halogens is 2. The smallest absolute Gasteiger partial charge is 0.0651 e. The molecule has 0 bridgehead atoms. The van der Waals surface area contributed by atoms with Crippen LogP contribution in [-0.4, -0.2) is 6.54 Å². The summed E-state index contributed by atoms with van der Waals surface area (Å²) in [4.78, 5) is 0. The lowest BCUT2D eigenvalue weighted by Crippen LogP contribution is -2.22. The summed E-state index contributed by atoms with van der Waals surface area (Å²) < 4.78 is 1.14. The van der Waals surface area contributed by atoms with Crippen molar-refractivity contribution in [2.24, 2.45) is 5.73 Å². The Hall–Kier alpha value is -0.0000000000000000555. The van der Waals surface area contributed by atoms with E-state index in [-0.39, 0.29) is 6.04 Å². The van der Waals surface area contributed by atoms with Gasteiger partial charge < -0.3 is 11.1 Å². The Morgan fingerprint density at radius 1 is 1.54 bits per heavy atom. The molecule has 70 valence electrons. The van der Waals surface area contributed by atoms with E-state index in [1.807, 2.05) is 6.07 Å². The Morgan fingerprint density at radius 2 is 2.31 bits per heavy atom. The van der Waals surface area contributed by atoms with E-state index in [1.165, 1.54) is 0 Å². The Balaban J connectivity index is 2.56. The van der Waals surface area contributed by atoms with Crippen LogP contribution in [0.1, 0.15) is 18.0 Å². The summed E-state index contributed by atoms with van der Waals surface area (Å²) in [6, 6.07) is 4.17. The van der Waals surface area contributed by atoms with Gasteiger partial charge in [0.2, 0.25) is 0 Å². The largest absolute Gasteiger partial charge is 0.383 e. The zero-order chi connectivity index (χ0) is 9.42. The molecular formula is C9H10ClIN2. The summed E-state index contributed by atoms with van der Waals surface area (Å²) in [7, 11) is 0. The van der Waals surface area contributed by atoms with Gasteiger partial charge in [0.15, 0.2) is 0 Å². The lowest BCUT2D eigenvalue weighted by atomic mass is 9.99. The molecule has 0 saturated carbocycles. The highest BCUT2D eigenvalue weighted by Crippen LogP contribution is 2.35. The third-order valence-corrected chi connectivity index (χ3v) is 3.16. The molecule has 2 nitrogen and oxygen atoms in total. The molecule has 0 amide bonds. The third kappa shape index (κ3) is 1.78. The lowest BCUT2D eigenvalue weighted by molar-refractivity contribution is 0.654. The van der Waals surface area contributed by atoms with Gasteiger partial charge in [0, 0.05) is 16.2 Å². The Labute approximate surface area is 96.0 Å².